The molecule has 5 nitrogen and oxygen atoms in total. The molecule has 6 heteroatoms. The van der Waals surface area contributed by atoms with E-state index in [0.717, 1.165) is 5.30 Å². The Balaban J connectivity index is 0.000000494. The summed E-state index contributed by atoms with van der Waals surface area (Å²) >= 11 is 0. The first kappa shape index (κ1) is 17.0. The maximum Gasteiger partial charge on any atom is 0.142 e. The van der Waals surface area contributed by atoms with Gasteiger partial charge in [-0.15, -0.1) is 0 Å². The molecular weight excluding hydrogens is 253 g/mol. The first-order valence-corrected chi connectivity index (χ1v) is 8.05. The highest BCUT2D eigenvalue weighted by atomic mass is 31.2. The molecule has 0 amide bonds. The number of hydrogen-bond acceptors (Lipinski definition) is 5. The Labute approximate surface area is 108 Å². The van der Waals surface area contributed by atoms with Crippen molar-refractivity contribution in [2.45, 2.75) is 0 Å². The van der Waals surface area contributed by atoms with Crippen LogP contribution >= 0.6 is 7.14 Å². The molecule has 0 heterocycles. The zero-order valence-electron chi connectivity index (χ0n) is 11.3. The predicted molar refractivity (Wildman–Crippen MR) is 75.5 cm³/mol. The lowest BCUT2D eigenvalue weighted by Gasteiger charge is -2.10. The van der Waals surface area contributed by atoms with Crippen molar-refractivity contribution in [2.24, 2.45) is 0 Å². The molecule has 1 rings (SSSR count). The van der Waals surface area contributed by atoms with Crippen LogP contribution in [0.3, 0.4) is 0 Å². The molecule has 18 heavy (non-hydrogen) atoms. The number of anilines is 1. The molecule has 0 saturated heterocycles. The van der Waals surface area contributed by atoms with Gasteiger partial charge in [0.05, 0.1) is 26.0 Å². The number of aliphatic hydroxyl groups is 1. The second kappa shape index (κ2) is 8.14. The predicted octanol–water partition coefficient (Wildman–Crippen LogP) is 1.15. The van der Waals surface area contributed by atoms with Gasteiger partial charge in [-0.2, -0.15) is 0 Å². The summed E-state index contributed by atoms with van der Waals surface area (Å²) in [6.45, 7) is 4.01. The third-order valence-electron chi connectivity index (χ3n) is 2.13. The molecule has 0 atom stereocenters. The van der Waals surface area contributed by atoms with Crippen molar-refractivity contribution in [2.75, 3.05) is 46.5 Å². The lowest BCUT2D eigenvalue weighted by atomic mass is 10.3. The van der Waals surface area contributed by atoms with Crippen LogP contribution in [-0.2, 0) is 9.30 Å². The first-order valence-electron chi connectivity index (χ1n) is 5.45. The van der Waals surface area contributed by atoms with Crippen LogP contribution in [0.2, 0.25) is 0 Å². The van der Waals surface area contributed by atoms with Crippen molar-refractivity contribution < 1.29 is 19.1 Å². The third-order valence-corrected chi connectivity index (χ3v) is 3.66. The number of nitrogen functional groups attached to an aromatic ring is 1. The smallest absolute Gasteiger partial charge is 0.142 e. The largest absolute Gasteiger partial charge is 0.495 e. The summed E-state index contributed by atoms with van der Waals surface area (Å²) in [5.74, 6) is 0.585. The fourth-order valence-electron chi connectivity index (χ4n) is 1.13. The van der Waals surface area contributed by atoms with Gasteiger partial charge in [0.25, 0.3) is 0 Å². The number of ether oxygens (including phenoxy) is 2. The minimum atomic E-state index is -2.21. The molecule has 1 aromatic carbocycles. The van der Waals surface area contributed by atoms with Crippen LogP contribution in [0.1, 0.15) is 0 Å². The first-order chi connectivity index (χ1) is 8.36. The molecule has 0 aliphatic heterocycles. The normalized spacial score (nSPS) is 10.5. The molecule has 0 aliphatic carbocycles. The van der Waals surface area contributed by atoms with E-state index in [1.165, 1.54) is 0 Å². The molecule has 0 radical (unpaired) electrons. The molecule has 0 spiro atoms. The van der Waals surface area contributed by atoms with Crippen LogP contribution in [0.5, 0.6) is 5.75 Å². The second-order valence-electron chi connectivity index (χ2n) is 3.99. The fourth-order valence-corrected chi connectivity index (χ4v) is 1.99. The molecule has 0 bridgehead atoms. The van der Waals surface area contributed by atoms with Gasteiger partial charge >= 0.3 is 0 Å². The zero-order chi connectivity index (χ0) is 14.2. The molecule has 0 saturated carbocycles. The molecule has 1 aromatic rings. The number of nitrogens with two attached hydrogens (primary N) is 1. The Morgan fingerprint density at radius 2 is 1.94 bits per heavy atom. The van der Waals surface area contributed by atoms with Gasteiger partial charge in [-0.25, -0.2) is 0 Å². The Hall–Kier alpha value is -1.03. The van der Waals surface area contributed by atoms with Crippen molar-refractivity contribution in [3.63, 3.8) is 0 Å². The van der Waals surface area contributed by atoms with Gasteiger partial charge in [0.15, 0.2) is 0 Å². The average molecular weight is 275 g/mol. The molecule has 0 aliphatic rings. The quantitative estimate of drug-likeness (QED) is 0.636. The highest BCUT2D eigenvalue weighted by molar-refractivity contribution is 7.70. The van der Waals surface area contributed by atoms with E-state index < -0.39 is 7.14 Å². The third kappa shape index (κ3) is 6.05. The molecule has 0 aromatic heterocycles. The van der Waals surface area contributed by atoms with Crippen molar-refractivity contribution in [3.05, 3.63) is 18.2 Å². The highest BCUT2D eigenvalue weighted by Gasteiger charge is 2.12. The molecule has 0 unspecified atom stereocenters. The topological polar surface area (TPSA) is 81.8 Å². The van der Waals surface area contributed by atoms with Crippen LogP contribution in [0.15, 0.2) is 18.2 Å². The van der Waals surface area contributed by atoms with Crippen LogP contribution in [0.4, 0.5) is 5.69 Å². The summed E-state index contributed by atoms with van der Waals surface area (Å²) in [4.78, 5) is 0. The van der Waals surface area contributed by atoms with E-state index in [2.05, 4.69) is 4.74 Å². The number of rotatable bonds is 4. The number of hydrogen-bond donors (Lipinski definition) is 2. The van der Waals surface area contributed by atoms with Gasteiger partial charge < -0.3 is 24.9 Å². The maximum absolute atomic E-state index is 11.7. The van der Waals surface area contributed by atoms with Crippen LogP contribution in [-0.4, -0.2) is 45.9 Å². The van der Waals surface area contributed by atoms with E-state index in [1.54, 1.807) is 45.7 Å². The van der Waals surface area contributed by atoms with Gasteiger partial charge in [0.2, 0.25) is 0 Å². The Morgan fingerprint density at radius 3 is 2.28 bits per heavy atom. The van der Waals surface area contributed by atoms with E-state index >= 15 is 0 Å². The lowest BCUT2D eigenvalue weighted by molar-refractivity contribution is 0.135. The Bertz CT molecular complexity index is 401. The monoisotopic (exact) mass is 275 g/mol. The number of aliphatic hydroxyl groups excluding tert-OH is 1. The van der Waals surface area contributed by atoms with E-state index in [1.807, 2.05) is 0 Å². The minimum Gasteiger partial charge on any atom is -0.495 e. The van der Waals surface area contributed by atoms with Gasteiger partial charge in [-0.05, 0) is 31.5 Å². The van der Waals surface area contributed by atoms with Gasteiger partial charge in [0.1, 0.15) is 12.9 Å². The highest BCUT2D eigenvalue weighted by Crippen LogP contribution is 2.36. The van der Waals surface area contributed by atoms with E-state index in [9.17, 15) is 4.57 Å². The summed E-state index contributed by atoms with van der Waals surface area (Å²) in [6.07, 6.45) is 0. The fraction of sp³-hybridized carbons (Fsp3) is 0.500. The van der Waals surface area contributed by atoms with E-state index in [4.69, 9.17) is 15.6 Å². The van der Waals surface area contributed by atoms with Crippen molar-refractivity contribution in [1.29, 1.82) is 0 Å². The van der Waals surface area contributed by atoms with Crippen LogP contribution in [0.25, 0.3) is 0 Å². The van der Waals surface area contributed by atoms with Crippen molar-refractivity contribution in [1.82, 2.24) is 0 Å². The molecule has 0 fully saturated rings. The summed E-state index contributed by atoms with van der Waals surface area (Å²) in [5, 5.41) is 8.73. The van der Waals surface area contributed by atoms with Crippen molar-refractivity contribution in [3.8, 4) is 5.75 Å². The van der Waals surface area contributed by atoms with E-state index in [0.29, 0.717) is 18.0 Å². The maximum atomic E-state index is 11.7. The molecule has 104 valence electrons. The van der Waals surface area contributed by atoms with Gasteiger partial charge in [-0.1, -0.05) is 0 Å². The summed E-state index contributed by atoms with van der Waals surface area (Å²) < 4.78 is 21.2. The zero-order valence-corrected chi connectivity index (χ0v) is 12.2. The van der Waals surface area contributed by atoms with Gasteiger partial charge in [0, 0.05) is 12.4 Å². The summed E-state index contributed by atoms with van der Waals surface area (Å²) in [5.41, 5.74) is 6.20. The average Bonchev–Trinajstić information content (AvgIpc) is 2.30. The number of methoxy groups -OCH3 is 2. The Kier molecular flexibility index (Phi) is 7.67. The summed E-state index contributed by atoms with van der Waals surface area (Å²) in [6, 6.07) is 5.22. The van der Waals surface area contributed by atoms with Crippen LogP contribution < -0.4 is 15.8 Å². The van der Waals surface area contributed by atoms with Crippen molar-refractivity contribution >= 4 is 18.1 Å². The SMILES string of the molecule is COCCO.COc1cc(P(C)(C)=O)ccc1N. The Morgan fingerprint density at radius 1 is 1.33 bits per heavy atom. The number of benzene rings is 1. The molecule has 3 N–H and O–H groups in total. The standard InChI is InChI=1S/C9H14NO2P.C3H8O2/c1-12-9-6-7(13(2,3)11)4-5-8(9)10;1-5-3-2-4/h4-6H,10H2,1-3H3;4H,2-3H2,1H3. The molecular formula is C12H22NO4P. The summed E-state index contributed by atoms with van der Waals surface area (Å²) in [7, 11) is 0.886. The minimum absolute atomic E-state index is 0.122. The second-order valence-corrected chi connectivity index (χ2v) is 7.21. The van der Waals surface area contributed by atoms with E-state index in [-0.39, 0.29) is 6.61 Å². The lowest BCUT2D eigenvalue weighted by Crippen LogP contribution is -2.04. The van der Waals surface area contributed by atoms with Crippen LogP contribution in [0, 0.1) is 0 Å². The van der Waals surface area contributed by atoms with Gasteiger partial charge in [-0.3, -0.25) is 0 Å².